The number of nitrogens with zero attached hydrogens (tertiary/aromatic N) is 2. The number of methoxy groups -OCH3 is 2. The van der Waals surface area contributed by atoms with E-state index in [0.29, 0.717) is 23.6 Å². The Kier molecular flexibility index (Phi) is 7.08. The van der Waals surface area contributed by atoms with Crippen molar-refractivity contribution >= 4 is 27.9 Å². The minimum Gasteiger partial charge on any atom is -0.488 e. The first-order chi connectivity index (χ1) is 16.5. The number of para-hydroxylation sites is 2. The van der Waals surface area contributed by atoms with Gasteiger partial charge < -0.3 is 14.2 Å². The molecule has 0 amide bonds. The molecular weight excluding hydrogens is 500 g/mol. The summed E-state index contributed by atoms with van der Waals surface area (Å²) in [6.07, 6.45) is 0. The van der Waals surface area contributed by atoms with Crippen molar-refractivity contribution in [2.24, 2.45) is 0 Å². The molecule has 0 fully saturated rings. The maximum atomic E-state index is 12.9. The maximum Gasteiger partial charge on any atom is 0.357 e. The van der Waals surface area contributed by atoms with Crippen LogP contribution in [0.2, 0.25) is 0 Å². The van der Waals surface area contributed by atoms with E-state index in [2.05, 4.69) is 21.0 Å². The SMILES string of the molecule is COC(=O)c1c(-c2ccccc2OCc2cccc(Br)c2)nn(-c2ccccc2)c1C(=O)OC. The van der Waals surface area contributed by atoms with E-state index >= 15 is 0 Å². The summed E-state index contributed by atoms with van der Waals surface area (Å²) < 4.78 is 18.4. The number of hydrogen-bond acceptors (Lipinski definition) is 6. The molecule has 4 rings (SSSR count). The highest BCUT2D eigenvalue weighted by atomic mass is 79.9. The van der Waals surface area contributed by atoms with Crippen molar-refractivity contribution in [3.8, 4) is 22.7 Å². The molecule has 0 radical (unpaired) electrons. The van der Waals surface area contributed by atoms with Crippen molar-refractivity contribution in [3.63, 3.8) is 0 Å². The number of halogens is 1. The zero-order valence-corrected chi connectivity index (χ0v) is 20.1. The summed E-state index contributed by atoms with van der Waals surface area (Å²) in [7, 11) is 2.50. The molecule has 3 aromatic carbocycles. The Morgan fingerprint density at radius 2 is 1.59 bits per heavy atom. The first kappa shape index (κ1) is 23.3. The van der Waals surface area contributed by atoms with E-state index in [4.69, 9.17) is 14.2 Å². The van der Waals surface area contributed by atoms with Crippen LogP contribution in [0.25, 0.3) is 16.9 Å². The van der Waals surface area contributed by atoms with Crippen LogP contribution in [0, 0.1) is 0 Å². The van der Waals surface area contributed by atoms with Gasteiger partial charge in [-0.1, -0.05) is 58.4 Å². The molecule has 0 saturated heterocycles. The maximum absolute atomic E-state index is 12.9. The van der Waals surface area contributed by atoms with E-state index in [1.807, 2.05) is 54.6 Å². The average Bonchev–Trinajstić information content (AvgIpc) is 3.28. The number of aromatic nitrogens is 2. The van der Waals surface area contributed by atoms with Crippen molar-refractivity contribution in [1.82, 2.24) is 9.78 Å². The molecule has 0 aliphatic carbocycles. The van der Waals surface area contributed by atoms with Crippen LogP contribution in [0.5, 0.6) is 5.75 Å². The third-order valence-electron chi connectivity index (χ3n) is 5.08. The van der Waals surface area contributed by atoms with E-state index in [1.165, 1.54) is 18.9 Å². The normalized spacial score (nSPS) is 10.6. The van der Waals surface area contributed by atoms with Crippen LogP contribution in [0.3, 0.4) is 0 Å². The molecule has 4 aromatic rings. The summed E-state index contributed by atoms with van der Waals surface area (Å²) in [4.78, 5) is 25.7. The highest BCUT2D eigenvalue weighted by Crippen LogP contribution is 2.35. The van der Waals surface area contributed by atoms with E-state index in [1.54, 1.807) is 24.3 Å². The molecule has 34 heavy (non-hydrogen) atoms. The first-order valence-corrected chi connectivity index (χ1v) is 11.1. The molecule has 0 spiro atoms. The minimum atomic E-state index is -0.712. The van der Waals surface area contributed by atoms with E-state index in [9.17, 15) is 9.59 Å². The number of ether oxygens (including phenoxy) is 3. The van der Waals surface area contributed by atoms with Gasteiger partial charge in [0.2, 0.25) is 0 Å². The highest BCUT2D eigenvalue weighted by Gasteiger charge is 2.32. The Balaban J connectivity index is 1.87. The van der Waals surface area contributed by atoms with E-state index in [-0.39, 0.29) is 17.0 Å². The summed E-state index contributed by atoms with van der Waals surface area (Å²) >= 11 is 3.46. The highest BCUT2D eigenvalue weighted by molar-refractivity contribution is 9.10. The molecule has 8 heteroatoms. The molecule has 0 unspecified atom stereocenters. The lowest BCUT2D eigenvalue weighted by atomic mass is 10.0. The van der Waals surface area contributed by atoms with Gasteiger partial charge in [-0.2, -0.15) is 5.10 Å². The van der Waals surface area contributed by atoms with Gasteiger partial charge in [-0.05, 0) is 42.0 Å². The largest absolute Gasteiger partial charge is 0.488 e. The van der Waals surface area contributed by atoms with Crippen molar-refractivity contribution in [1.29, 1.82) is 0 Å². The van der Waals surface area contributed by atoms with Crippen LogP contribution in [0.1, 0.15) is 26.4 Å². The average molecular weight is 521 g/mol. The molecule has 1 aromatic heterocycles. The third kappa shape index (κ3) is 4.72. The van der Waals surface area contributed by atoms with Gasteiger partial charge in [0.25, 0.3) is 0 Å². The number of carbonyl (C=O) groups is 2. The third-order valence-corrected chi connectivity index (χ3v) is 5.57. The zero-order chi connectivity index (χ0) is 24.1. The van der Waals surface area contributed by atoms with Crippen molar-refractivity contribution in [3.05, 3.63) is 100 Å². The summed E-state index contributed by atoms with van der Waals surface area (Å²) in [5.74, 6) is -0.920. The van der Waals surface area contributed by atoms with Crippen molar-refractivity contribution in [2.75, 3.05) is 14.2 Å². The lowest BCUT2D eigenvalue weighted by Crippen LogP contribution is -2.15. The summed E-state index contributed by atoms with van der Waals surface area (Å²) in [6.45, 7) is 0.299. The Bertz CT molecular complexity index is 1330. The van der Waals surface area contributed by atoms with Gasteiger partial charge in [-0.25, -0.2) is 14.3 Å². The number of hydrogen-bond donors (Lipinski definition) is 0. The van der Waals surface area contributed by atoms with Gasteiger partial charge >= 0.3 is 11.9 Å². The quantitative estimate of drug-likeness (QED) is 0.301. The van der Waals surface area contributed by atoms with Crippen LogP contribution in [-0.2, 0) is 16.1 Å². The Morgan fingerprint density at radius 1 is 0.882 bits per heavy atom. The zero-order valence-electron chi connectivity index (χ0n) is 18.5. The fraction of sp³-hybridized carbons (Fsp3) is 0.115. The first-order valence-electron chi connectivity index (χ1n) is 10.3. The molecule has 1 heterocycles. The predicted octanol–water partition coefficient (Wildman–Crippen LogP) is 5.45. The van der Waals surface area contributed by atoms with Gasteiger partial charge in [0.05, 0.1) is 19.9 Å². The van der Waals surface area contributed by atoms with Gasteiger partial charge in [0, 0.05) is 10.0 Å². The summed E-state index contributed by atoms with van der Waals surface area (Å²) in [6, 6.07) is 24.0. The Morgan fingerprint density at radius 3 is 2.29 bits per heavy atom. The van der Waals surface area contributed by atoms with Gasteiger partial charge in [-0.15, -0.1) is 0 Å². The summed E-state index contributed by atoms with van der Waals surface area (Å²) in [5.41, 5.74) is 2.31. The lowest BCUT2D eigenvalue weighted by molar-refractivity contribution is 0.0549. The van der Waals surface area contributed by atoms with Crippen LogP contribution >= 0.6 is 15.9 Å². The molecule has 0 bridgehead atoms. The second-order valence-corrected chi connectivity index (χ2v) is 8.13. The van der Waals surface area contributed by atoms with E-state index < -0.39 is 11.9 Å². The van der Waals surface area contributed by atoms with Crippen LogP contribution in [-0.4, -0.2) is 35.9 Å². The second-order valence-electron chi connectivity index (χ2n) is 7.22. The molecule has 0 aliphatic heterocycles. The van der Waals surface area contributed by atoms with Crippen LogP contribution < -0.4 is 4.74 Å². The lowest BCUT2D eigenvalue weighted by Gasteiger charge is -2.11. The van der Waals surface area contributed by atoms with Crippen LogP contribution in [0.15, 0.2) is 83.3 Å². The number of benzene rings is 3. The molecule has 0 N–H and O–H groups in total. The van der Waals surface area contributed by atoms with Crippen molar-refractivity contribution < 1.29 is 23.8 Å². The van der Waals surface area contributed by atoms with Crippen LogP contribution in [0.4, 0.5) is 0 Å². The number of esters is 2. The standard InChI is InChI=1S/C26H21BrN2O5/c1-32-25(30)22-23(28-29(24(22)26(31)33-2)19-11-4-3-5-12-19)20-13-6-7-14-21(20)34-16-17-9-8-10-18(27)15-17/h3-15H,16H2,1-2H3. The van der Waals surface area contributed by atoms with Gasteiger partial charge in [-0.3, -0.25) is 0 Å². The monoisotopic (exact) mass is 520 g/mol. The van der Waals surface area contributed by atoms with Gasteiger partial charge in [0.1, 0.15) is 23.6 Å². The van der Waals surface area contributed by atoms with E-state index in [0.717, 1.165) is 10.0 Å². The van der Waals surface area contributed by atoms with Crippen molar-refractivity contribution in [2.45, 2.75) is 6.61 Å². The fourth-order valence-electron chi connectivity index (χ4n) is 3.52. The number of rotatable bonds is 7. The predicted molar refractivity (Wildman–Crippen MR) is 130 cm³/mol. The molecule has 0 saturated carbocycles. The fourth-order valence-corrected chi connectivity index (χ4v) is 3.97. The Labute approximate surface area is 205 Å². The molecule has 0 atom stereocenters. The number of carbonyl (C=O) groups excluding carboxylic acids is 2. The summed E-state index contributed by atoms with van der Waals surface area (Å²) in [5, 5.41) is 4.65. The second kappa shape index (κ2) is 10.4. The molecule has 7 nitrogen and oxygen atoms in total. The smallest absolute Gasteiger partial charge is 0.357 e. The molecular formula is C26H21BrN2O5. The topological polar surface area (TPSA) is 79.7 Å². The minimum absolute atomic E-state index is 0.00305. The Hall–Kier alpha value is -3.91. The molecule has 172 valence electrons. The molecule has 0 aliphatic rings. The van der Waals surface area contributed by atoms with Gasteiger partial charge in [0.15, 0.2) is 5.69 Å².